The molecule has 0 rings (SSSR count). The van der Waals surface area contributed by atoms with E-state index in [-0.39, 0.29) is 17.1 Å². The molecule has 0 N–H and O–H groups in total. The van der Waals surface area contributed by atoms with Gasteiger partial charge < -0.3 is 28.0 Å². The summed E-state index contributed by atoms with van der Waals surface area (Å²) < 4.78 is 28.0. The first-order chi connectivity index (χ1) is 7.54. The number of hydrogen-bond acceptors (Lipinski definition) is 6. The summed E-state index contributed by atoms with van der Waals surface area (Å²) in [6, 6.07) is 0. The van der Waals surface area contributed by atoms with Crippen LogP contribution in [0.25, 0.3) is 0 Å². The Bertz CT molecular complexity index is 173. The van der Waals surface area contributed by atoms with Crippen LogP contribution in [-0.4, -0.2) is 13.2 Å². The quantitative estimate of drug-likeness (QED) is 0.375. The Morgan fingerprint density at radius 3 is 1.35 bits per heavy atom. The Morgan fingerprint density at radius 2 is 1.18 bits per heavy atom. The summed E-state index contributed by atoms with van der Waals surface area (Å²) in [6.45, 7) is 4.65. The van der Waals surface area contributed by atoms with Gasteiger partial charge in [0, 0.05) is 0 Å². The van der Waals surface area contributed by atoms with Crippen molar-refractivity contribution in [2.75, 3.05) is 13.2 Å². The molecule has 0 aromatic rings. The number of rotatable bonds is 8. The average molecular weight is 330 g/mol. The van der Waals surface area contributed by atoms with Gasteiger partial charge >= 0.3 is 17.1 Å². The van der Waals surface area contributed by atoms with Gasteiger partial charge in [0.2, 0.25) is 0 Å². The summed E-state index contributed by atoms with van der Waals surface area (Å²) in [6.07, 6.45) is 3.57. The molecule has 9 heteroatoms. The predicted octanol–water partition coefficient (Wildman–Crippen LogP) is 1.10. The summed E-state index contributed by atoms with van der Waals surface area (Å²) in [5.74, 6) is 0. The van der Waals surface area contributed by atoms with Crippen LogP contribution < -0.4 is 9.79 Å². The van der Waals surface area contributed by atoms with Crippen molar-refractivity contribution in [2.45, 2.75) is 39.5 Å². The van der Waals surface area contributed by atoms with Crippen LogP contribution in [0.5, 0.6) is 0 Å². The van der Waals surface area contributed by atoms with Gasteiger partial charge in [0.25, 0.3) is 0 Å². The molecule has 0 spiro atoms. The molecule has 2 atom stereocenters. The average Bonchev–Trinajstić information content (AvgIpc) is 2.18. The minimum absolute atomic E-state index is 0. The first kappa shape index (κ1) is 23.0. The van der Waals surface area contributed by atoms with Crippen LogP contribution >= 0.6 is 16.5 Å². The maximum absolute atomic E-state index is 9.73. The van der Waals surface area contributed by atoms with Crippen LogP contribution in [0.15, 0.2) is 0 Å². The monoisotopic (exact) mass is 330 g/mol. The van der Waals surface area contributed by atoms with E-state index in [9.17, 15) is 18.9 Å². The van der Waals surface area contributed by atoms with E-state index in [1.54, 1.807) is 0 Å². The number of hydrogen-bond donors (Lipinski definition) is 0. The van der Waals surface area contributed by atoms with Gasteiger partial charge in [-0.3, -0.25) is 0 Å². The Kier molecular flexibility index (Phi) is 25.9. The first-order valence-corrected chi connectivity index (χ1v) is 7.67. The van der Waals surface area contributed by atoms with Gasteiger partial charge in [0.15, 0.2) is 0 Å². The molecule has 2 unspecified atom stereocenters. The molecule has 0 saturated heterocycles. The molecule has 0 aliphatic heterocycles. The van der Waals surface area contributed by atoms with Crippen LogP contribution in [-0.2, 0) is 35.2 Å². The Balaban J connectivity index is -0.000000218. The van der Waals surface area contributed by atoms with E-state index in [0.29, 0.717) is 13.2 Å². The molecule has 17 heavy (non-hydrogen) atoms. The molecular weight excluding hydrogens is 310 g/mol. The third kappa shape index (κ3) is 31.6. The van der Waals surface area contributed by atoms with E-state index in [4.69, 9.17) is 0 Å². The molecular formula is C8H20FeO6P2. The van der Waals surface area contributed by atoms with Crippen molar-refractivity contribution >= 4 is 16.5 Å². The second-order valence-corrected chi connectivity index (χ2v) is 4.48. The number of unbranched alkanes of at least 4 members (excludes halogenated alkanes) is 2. The topological polar surface area (TPSA) is 98.7 Å². The van der Waals surface area contributed by atoms with E-state index in [0.717, 1.165) is 25.7 Å². The SMILES string of the molecule is CCCCO[PH](=O)[O-].CCCCO[PH](=O)[O-].[Fe+2]. The molecule has 0 amide bonds. The van der Waals surface area contributed by atoms with Crippen molar-refractivity contribution in [3.05, 3.63) is 0 Å². The summed E-state index contributed by atoms with van der Waals surface area (Å²) >= 11 is 0. The van der Waals surface area contributed by atoms with Gasteiger partial charge in [-0.15, -0.1) is 0 Å². The van der Waals surface area contributed by atoms with E-state index in [1.807, 2.05) is 13.8 Å². The predicted molar refractivity (Wildman–Crippen MR) is 59.7 cm³/mol. The first-order valence-electron chi connectivity index (χ1n) is 5.22. The fraction of sp³-hybridized carbons (Fsp3) is 1.00. The molecule has 106 valence electrons. The van der Waals surface area contributed by atoms with Gasteiger partial charge in [-0.1, -0.05) is 26.7 Å². The minimum atomic E-state index is -2.91. The minimum Gasteiger partial charge on any atom is -0.781 e. The summed E-state index contributed by atoms with van der Waals surface area (Å²) in [7, 11) is -5.81. The zero-order valence-corrected chi connectivity index (χ0v) is 13.1. The zero-order valence-electron chi connectivity index (χ0n) is 10.0. The molecule has 0 bridgehead atoms. The zero-order chi connectivity index (χ0) is 12.8. The van der Waals surface area contributed by atoms with Crippen LogP contribution in [0.1, 0.15) is 39.5 Å². The summed E-state index contributed by atoms with van der Waals surface area (Å²) in [5.41, 5.74) is 0. The van der Waals surface area contributed by atoms with Gasteiger partial charge in [0.05, 0.1) is 13.2 Å². The molecule has 0 heterocycles. The Labute approximate surface area is 114 Å². The standard InChI is InChI=1S/2C4H11O3P.Fe/c2*1-2-3-4-7-8(5)6;/h2*8H,2-4H2,1H3,(H,5,6);/q;;+2/p-2. The molecule has 0 saturated carbocycles. The van der Waals surface area contributed by atoms with Gasteiger partial charge in [0.1, 0.15) is 16.5 Å². The summed E-state index contributed by atoms with van der Waals surface area (Å²) in [5, 5.41) is 0. The van der Waals surface area contributed by atoms with Gasteiger partial charge in [-0.25, -0.2) is 0 Å². The third-order valence-electron chi connectivity index (χ3n) is 1.44. The summed E-state index contributed by atoms with van der Waals surface area (Å²) in [4.78, 5) is 19.5. The molecule has 0 radical (unpaired) electrons. The maximum Gasteiger partial charge on any atom is 2.00 e. The van der Waals surface area contributed by atoms with E-state index in [1.165, 1.54) is 0 Å². The van der Waals surface area contributed by atoms with Crippen molar-refractivity contribution in [3.63, 3.8) is 0 Å². The normalized spacial score (nSPS) is 12.9. The van der Waals surface area contributed by atoms with Crippen molar-refractivity contribution in [2.24, 2.45) is 0 Å². The fourth-order valence-electron chi connectivity index (χ4n) is 0.600. The largest absolute Gasteiger partial charge is 2.00 e. The second kappa shape index (κ2) is 19.2. The van der Waals surface area contributed by atoms with Crippen LogP contribution in [0.3, 0.4) is 0 Å². The van der Waals surface area contributed by atoms with E-state index < -0.39 is 16.5 Å². The van der Waals surface area contributed by atoms with Gasteiger partial charge in [-0.2, -0.15) is 0 Å². The van der Waals surface area contributed by atoms with Crippen molar-refractivity contribution < 1.29 is 45.0 Å². The smallest absolute Gasteiger partial charge is 0.781 e. The third-order valence-corrected chi connectivity index (χ3v) is 2.32. The van der Waals surface area contributed by atoms with E-state index >= 15 is 0 Å². The van der Waals surface area contributed by atoms with Crippen LogP contribution in [0, 0.1) is 0 Å². The Hall–Kier alpha value is 0.819. The van der Waals surface area contributed by atoms with Gasteiger partial charge in [-0.05, 0) is 12.8 Å². The molecule has 0 aromatic carbocycles. The molecule has 0 fully saturated rings. The van der Waals surface area contributed by atoms with Crippen molar-refractivity contribution in [1.82, 2.24) is 0 Å². The van der Waals surface area contributed by atoms with Crippen LogP contribution in [0.2, 0.25) is 0 Å². The Morgan fingerprint density at radius 1 is 0.882 bits per heavy atom. The molecule has 0 aromatic heterocycles. The van der Waals surface area contributed by atoms with Crippen molar-refractivity contribution in [1.29, 1.82) is 0 Å². The molecule has 0 aliphatic rings. The maximum atomic E-state index is 9.73. The fourth-order valence-corrected chi connectivity index (χ4v) is 1.22. The van der Waals surface area contributed by atoms with Crippen molar-refractivity contribution in [3.8, 4) is 0 Å². The van der Waals surface area contributed by atoms with E-state index in [2.05, 4.69) is 9.05 Å². The molecule has 6 nitrogen and oxygen atoms in total. The second-order valence-electron chi connectivity index (χ2n) is 2.90. The van der Waals surface area contributed by atoms with Crippen LogP contribution in [0.4, 0.5) is 0 Å². The molecule has 0 aliphatic carbocycles.